The third kappa shape index (κ3) is 2.75. The number of nitrogens with zero attached hydrogens (tertiary/aromatic N) is 1. The molecule has 17 heavy (non-hydrogen) atoms. The number of aromatic nitrogens is 1. The van der Waals surface area contributed by atoms with E-state index in [1.807, 2.05) is 11.8 Å². The van der Waals surface area contributed by atoms with Crippen LogP contribution in [0.2, 0.25) is 5.02 Å². The van der Waals surface area contributed by atoms with Crippen molar-refractivity contribution in [3.8, 4) is 0 Å². The fourth-order valence-electron chi connectivity index (χ4n) is 1.92. The molecule has 1 N–H and O–H groups in total. The topological polar surface area (TPSA) is 42.0 Å². The molecule has 1 aromatic rings. The van der Waals surface area contributed by atoms with Crippen LogP contribution in [0.5, 0.6) is 0 Å². The maximum Gasteiger partial charge on any atom is 0.252 e. The van der Waals surface area contributed by atoms with Crippen LogP contribution in [0.1, 0.15) is 29.6 Å². The predicted molar refractivity (Wildman–Crippen MR) is 71.7 cm³/mol. The molecule has 0 aromatic carbocycles. The number of carbonyl (C=O) groups excluding carboxylic acids is 1. The average molecular weight is 271 g/mol. The average Bonchev–Trinajstić information content (AvgIpc) is 2.28. The van der Waals surface area contributed by atoms with Gasteiger partial charge in [-0.25, -0.2) is 0 Å². The molecule has 2 rings (SSSR count). The summed E-state index contributed by atoms with van der Waals surface area (Å²) in [5.74, 6) is -0.113. The van der Waals surface area contributed by atoms with Gasteiger partial charge in [0.1, 0.15) is 0 Å². The van der Waals surface area contributed by atoms with Gasteiger partial charge in [0.05, 0.1) is 10.6 Å². The van der Waals surface area contributed by atoms with E-state index in [4.69, 9.17) is 11.6 Å². The van der Waals surface area contributed by atoms with Gasteiger partial charge in [-0.3, -0.25) is 9.78 Å². The summed E-state index contributed by atoms with van der Waals surface area (Å²) < 4.78 is 0.245. The van der Waals surface area contributed by atoms with Crippen LogP contribution < -0.4 is 5.32 Å². The zero-order chi connectivity index (χ0) is 12.3. The Morgan fingerprint density at radius 2 is 2.41 bits per heavy atom. The number of hydrogen-bond donors (Lipinski definition) is 1. The molecule has 0 bridgehead atoms. The van der Waals surface area contributed by atoms with Crippen LogP contribution in [-0.2, 0) is 0 Å². The van der Waals surface area contributed by atoms with Gasteiger partial charge in [0.2, 0.25) is 0 Å². The summed E-state index contributed by atoms with van der Waals surface area (Å²) in [6, 6.07) is 1.64. The van der Waals surface area contributed by atoms with Crippen LogP contribution in [-0.4, -0.2) is 28.4 Å². The van der Waals surface area contributed by atoms with Crippen molar-refractivity contribution in [2.24, 2.45) is 0 Å². The van der Waals surface area contributed by atoms with Gasteiger partial charge in [-0.05, 0) is 25.2 Å². The molecule has 92 valence electrons. The fraction of sp³-hybridized carbons (Fsp3) is 0.500. The van der Waals surface area contributed by atoms with Gasteiger partial charge in [0, 0.05) is 23.7 Å². The first kappa shape index (κ1) is 12.7. The van der Waals surface area contributed by atoms with Gasteiger partial charge < -0.3 is 5.32 Å². The molecule has 5 heteroatoms. The Labute approximate surface area is 110 Å². The van der Waals surface area contributed by atoms with Gasteiger partial charge in [-0.1, -0.05) is 18.0 Å². The molecule has 0 atom stereocenters. The number of amides is 1. The van der Waals surface area contributed by atoms with Gasteiger partial charge in [0.15, 0.2) is 0 Å². The van der Waals surface area contributed by atoms with Crippen LogP contribution in [0, 0.1) is 0 Å². The van der Waals surface area contributed by atoms with Crippen molar-refractivity contribution in [1.29, 1.82) is 0 Å². The maximum atomic E-state index is 11.9. The lowest BCUT2D eigenvalue weighted by Crippen LogP contribution is -2.45. The lowest BCUT2D eigenvalue weighted by molar-refractivity contribution is 0.0944. The van der Waals surface area contributed by atoms with E-state index < -0.39 is 0 Å². The lowest BCUT2D eigenvalue weighted by atomic mass is 9.84. The smallest absolute Gasteiger partial charge is 0.252 e. The van der Waals surface area contributed by atoms with E-state index in [9.17, 15) is 4.79 Å². The molecule has 0 aliphatic heterocycles. The second kappa shape index (κ2) is 5.27. The molecular formula is C12H15ClN2OS. The summed E-state index contributed by atoms with van der Waals surface area (Å²) in [6.45, 7) is 0.714. The molecule has 1 fully saturated rings. The van der Waals surface area contributed by atoms with Crippen LogP contribution in [0.3, 0.4) is 0 Å². The fourth-order valence-corrected chi connectivity index (χ4v) is 3.04. The number of nitrogens with one attached hydrogen (secondary N) is 1. The second-order valence-electron chi connectivity index (χ2n) is 4.28. The highest BCUT2D eigenvalue weighted by Crippen LogP contribution is 2.42. The van der Waals surface area contributed by atoms with E-state index in [2.05, 4.69) is 16.6 Å². The summed E-state index contributed by atoms with van der Waals surface area (Å²) in [5, 5.41) is 3.36. The van der Waals surface area contributed by atoms with Gasteiger partial charge in [0.25, 0.3) is 5.91 Å². The van der Waals surface area contributed by atoms with E-state index in [1.54, 1.807) is 12.3 Å². The third-order valence-electron chi connectivity index (χ3n) is 3.29. The standard InChI is InChI=1S/C12H15ClN2OS/c1-17-12(4-2-5-12)8-15-11(16)9-3-6-14-7-10(9)13/h3,6-7H,2,4-5,8H2,1H3,(H,15,16). The van der Waals surface area contributed by atoms with Crippen LogP contribution in [0.4, 0.5) is 0 Å². The van der Waals surface area contributed by atoms with Crippen molar-refractivity contribution in [2.45, 2.75) is 24.0 Å². The first-order valence-electron chi connectivity index (χ1n) is 5.60. The number of hydrogen-bond acceptors (Lipinski definition) is 3. The zero-order valence-electron chi connectivity index (χ0n) is 9.70. The third-order valence-corrected chi connectivity index (χ3v) is 5.01. The second-order valence-corrected chi connectivity index (χ2v) is 5.96. The summed E-state index contributed by atoms with van der Waals surface area (Å²) in [4.78, 5) is 15.8. The molecule has 0 unspecified atom stereocenters. The minimum absolute atomic E-state index is 0.113. The normalized spacial score (nSPS) is 17.3. The van der Waals surface area contributed by atoms with Crippen molar-refractivity contribution in [1.82, 2.24) is 10.3 Å². The quantitative estimate of drug-likeness (QED) is 0.915. The van der Waals surface area contributed by atoms with E-state index in [-0.39, 0.29) is 10.7 Å². The highest BCUT2D eigenvalue weighted by molar-refractivity contribution is 8.00. The number of halogens is 1. The molecule has 0 saturated heterocycles. The molecule has 0 radical (unpaired) electrons. The molecule has 1 aliphatic rings. The molecule has 1 amide bonds. The molecule has 0 spiro atoms. The van der Waals surface area contributed by atoms with Crippen molar-refractivity contribution >= 4 is 29.3 Å². The monoisotopic (exact) mass is 270 g/mol. The lowest BCUT2D eigenvalue weighted by Gasteiger charge is -2.40. The molecular weight excluding hydrogens is 256 g/mol. The number of pyridine rings is 1. The van der Waals surface area contributed by atoms with E-state index in [0.29, 0.717) is 17.1 Å². The van der Waals surface area contributed by atoms with Crippen LogP contribution in [0.25, 0.3) is 0 Å². The van der Waals surface area contributed by atoms with Crippen molar-refractivity contribution in [2.75, 3.05) is 12.8 Å². The first-order chi connectivity index (χ1) is 8.17. The Morgan fingerprint density at radius 1 is 1.65 bits per heavy atom. The Hall–Kier alpha value is -0.740. The van der Waals surface area contributed by atoms with Crippen LogP contribution in [0.15, 0.2) is 18.5 Å². The summed E-state index contributed by atoms with van der Waals surface area (Å²) in [5.41, 5.74) is 0.497. The minimum atomic E-state index is -0.113. The largest absolute Gasteiger partial charge is 0.351 e. The van der Waals surface area contributed by atoms with E-state index in [0.717, 1.165) is 0 Å². The van der Waals surface area contributed by atoms with Crippen molar-refractivity contribution < 1.29 is 4.79 Å². The zero-order valence-corrected chi connectivity index (χ0v) is 11.3. The Kier molecular flexibility index (Phi) is 3.94. The van der Waals surface area contributed by atoms with Crippen LogP contribution >= 0.6 is 23.4 Å². The van der Waals surface area contributed by atoms with Crippen molar-refractivity contribution in [3.63, 3.8) is 0 Å². The van der Waals surface area contributed by atoms with E-state index >= 15 is 0 Å². The molecule has 3 nitrogen and oxygen atoms in total. The molecule has 1 heterocycles. The Bertz CT molecular complexity index is 415. The highest BCUT2D eigenvalue weighted by atomic mass is 35.5. The minimum Gasteiger partial charge on any atom is -0.351 e. The Morgan fingerprint density at radius 3 is 2.94 bits per heavy atom. The SMILES string of the molecule is CSC1(CNC(=O)c2ccncc2Cl)CCC1. The predicted octanol–water partition coefficient (Wildman–Crippen LogP) is 2.75. The van der Waals surface area contributed by atoms with Crippen molar-refractivity contribution in [3.05, 3.63) is 29.0 Å². The maximum absolute atomic E-state index is 11.9. The number of rotatable bonds is 4. The van der Waals surface area contributed by atoms with E-state index in [1.165, 1.54) is 25.5 Å². The summed E-state index contributed by atoms with van der Waals surface area (Å²) in [6.07, 6.45) is 8.78. The highest BCUT2D eigenvalue weighted by Gasteiger charge is 2.36. The van der Waals surface area contributed by atoms with Gasteiger partial charge in [-0.2, -0.15) is 11.8 Å². The number of thioether (sulfide) groups is 1. The summed E-state index contributed by atoms with van der Waals surface area (Å²) >= 11 is 7.76. The molecule has 1 aliphatic carbocycles. The molecule has 1 saturated carbocycles. The van der Waals surface area contributed by atoms with Gasteiger partial charge in [-0.15, -0.1) is 0 Å². The first-order valence-corrected chi connectivity index (χ1v) is 7.20. The number of carbonyl (C=O) groups is 1. The molecule has 1 aromatic heterocycles. The van der Waals surface area contributed by atoms with Gasteiger partial charge >= 0.3 is 0 Å². The Balaban J connectivity index is 1.96. The summed E-state index contributed by atoms with van der Waals surface area (Å²) in [7, 11) is 0.